The summed E-state index contributed by atoms with van der Waals surface area (Å²) >= 11 is 0. The van der Waals surface area contributed by atoms with Crippen molar-refractivity contribution in [1.82, 2.24) is 4.90 Å². The second kappa shape index (κ2) is 8.27. The van der Waals surface area contributed by atoms with Crippen LogP contribution in [0.1, 0.15) is 27.7 Å². The Kier molecular flexibility index (Phi) is 8.18. The molecule has 0 aromatic heterocycles. The lowest BCUT2D eigenvalue weighted by Gasteiger charge is -2.29. The van der Waals surface area contributed by atoms with Crippen molar-refractivity contribution in [3.63, 3.8) is 0 Å². The number of amides is 1. The normalized spacial score (nSPS) is 14.1. The Balaban J connectivity index is 5.72. The van der Waals surface area contributed by atoms with E-state index in [9.17, 15) is 23.7 Å². The van der Waals surface area contributed by atoms with Gasteiger partial charge in [0, 0.05) is 13.1 Å². The topological polar surface area (TPSA) is 113 Å². The van der Waals surface area contributed by atoms with Gasteiger partial charge < -0.3 is 23.7 Å². The third kappa shape index (κ3) is 4.95. The van der Waals surface area contributed by atoms with Crippen molar-refractivity contribution >= 4 is 21.1 Å². The third-order valence-corrected chi connectivity index (χ3v) is 7.20. The molecule has 0 aliphatic heterocycles. The Bertz CT molecular complexity index is 394. The van der Waals surface area contributed by atoms with Crippen LogP contribution < -0.4 is 0 Å². The van der Waals surface area contributed by atoms with E-state index in [1.54, 1.807) is 13.8 Å². The molecule has 0 saturated heterocycles. The second-order valence-electron chi connectivity index (χ2n) is 3.85. The first kappa shape index (κ1) is 19.8. The summed E-state index contributed by atoms with van der Waals surface area (Å²) in [5.74, 6) is -0.923. The van der Waals surface area contributed by atoms with Crippen LogP contribution in [0, 0.1) is 0 Å². The van der Waals surface area contributed by atoms with E-state index in [0.29, 0.717) is 0 Å². The van der Waals surface area contributed by atoms with Gasteiger partial charge in [-0.15, -0.1) is 0 Å². The highest BCUT2D eigenvalue weighted by Crippen LogP contribution is 2.66. The van der Waals surface area contributed by atoms with Gasteiger partial charge >= 0.3 is 15.2 Å². The van der Waals surface area contributed by atoms with Crippen molar-refractivity contribution < 1.29 is 32.8 Å². The molecule has 120 valence electrons. The fraction of sp³-hybridized carbons (Fsp3) is 0.900. The van der Waals surface area contributed by atoms with Crippen molar-refractivity contribution in [2.45, 2.75) is 33.1 Å². The van der Waals surface area contributed by atoms with Crippen LogP contribution in [0.25, 0.3) is 0 Å². The Morgan fingerprint density at radius 1 is 1.05 bits per heavy atom. The summed E-state index contributed by atoms with van der Waals surface area (Å²) < 4.78 is 34.0. The Morgan fingerprint density at radius 3 is 1.70 bits per heavy atom. The first-order valence-electron chi connectivity index (χ1n) is 6.40. The van der Waals surface area contributed by atoms with Gasteiger partial charge in [0.05, 0.1) is 13.2 Å². The standard InChI is InChI=1S/C10H23NO7P2/c1-5-11(6-2)9(12)10(19(13,14)15)20(16,17-7-3)18-8-4/h10H,5-8H2,1-4H3,(H2,13,14,15). The van der Waals surface area contributed by atoms with Crippen LogP contribution in [0.15, 0.2) is 0 Å². The Labute approximate surface area is 119 Å². The predicted molar refractivity (Wildman–Crippen MR) is 74.6 cm³/mol. The van der Waals surface area contributed by atoms with E-state index < -0.39 is 26.5 Å². The summed E-state index contributed by atoms with van der Waals surface area (Å²) in [4.78, 5) is 32.3. The van der Waals surface area contributed by atoms with Crippen molar-refractivity contribution in [3.8, 4) is 0 Å². The maximum atomic E-state index is 12.6. The molecular weight excluding hydrogens is 308 g/mol. The Morgan fingerprint density at radius 2 is 1.45 bits per heavy atom. The zero-order valence-electron chi connectivity index (χ0n) is 12.2. The van der Waals surface area contributed by atoms with Gasteiger partial charge in [-0.2, -0.15) is 0 Å². The summed E-state index contributed by atoms with van der Waals surface area (Å²) in [6.07, 6.45) is 0. The van der Waals surface area contributed by atoms with Crippen LogP contribution in [0.2, 0.25) is 0 Å². The van der Waals surface area contributed by atoms with E-state index >= 15 is 0 Å². The molecule has 1 amide bonds. The summed E-state index contributed by atoms with van der Waals surface area (Å²) in [5.41, 5.74) is 0. The van der Waals surface area contributed by atoms with Gasteiger partial charge in [-0.05, 0) is 27.7 Å². The van der Waals surface area contributed by atoms with Crippen LogP contribution in [-0.4, -0.2) is 52.3 Å². The van der Waals surface area contributed by atoms with Gasteiger partial charge in [-0.1, -0.05) is 0 Å². The SMILES string of the molecule is CCOP(=O)(OCC)C(C(=O)N(CC)CC)P(=O)(O)O. The fourth-order valence-electron chi connectivity index (χ4n) is 1.70. The van der Waals surface area contributed by atoms with Crippen molar-refractivity contribution in [1.29, 1.82) is 0 Å². The quantitative estimate of drug-likeness (QED) is 0.617. The molecule has 20 heavy (non-hydrogen) atoms. The smallest absolute Gasteiger partial charge is 0.342 e. The van der Waals surface area contributed by atoms with Gasteiger partial charge in [0.25, 0.3) is 0 Å². The minimum atomic E-state index is -5.00. The van der Waals surface area contributed by atoms with Gasteiger partial charge in [0.1, 0.15) is 0 Å². The van der Waals surface area contributed by atoms with E-state index in [1.807, 2.05) is 0 Å². The molecule has 0 heterocycles. The van der Waals surface area contributed by atoms with Crippen LogP contribution in [-0.2, 0) is 23.0 Å². The second-order valence-corrected chi connectivity index (χ2v) is 8.06. The number of rotatable bonds is 9. The van der Waals surface area contributed by atoms with Crippen molar-refractivity contribution in [2.75, 3.05) is 26.3 Å². The number of nitrogens with zero attached hydrogens (tertiary/aromatic N) is 1. The highest BCUT2D eigenvalue weighted by Gasteiger charge is 2.53. The zero-order chi connectivity index (χ0) is 16.0. The zero-order valence-corrected chi connectivity index (χ0v) is 14.0. The number of hydrogen-bond donors (Lipinski definition) is 2. The summed E-state index contributed by atoms with van der Waals surface area (Å²) in [6, 6.07) is 0. The van der Waals surface area contributed by atoms with Gasteiger partial charge in [-0.3, -0.25) is 13.9 Å². The molecule has 0 radical (unpaired) electrons. The van der Waals surface area contributed by atoms with Crippen molar-refractivity contribution in [3.05, 3.63) is 0 Å². The number of carbonyl (C=O) groups excluding carboxylic acids is 1. The van der Waals surface area contributed by atoms with Crippen LogP contribution >= 0.6 is 15.2 Å². The summed E-state index contributed by atoms with van der Waals surface area (Å²) in [7, 11) is -9.24. The van der Waals surface area contributed by atoms with Crippen molar-refractivity contribution in [2.24, 2.45) is 0 Å². The number of carbonyl (C=O) groups is 1. The van der Waals surface area contributed by atoms with E-state index in [1.165, 1.54) is 18.7 Å². The molecule has 8 nitrogen and oxygen atoms in total. The summed E-state index contributed by atoms with van der Waals surface area (Å²) in [6.45, 7) is 6.64. The minimum Gasteiger partial charge on any atom is -0.342 e. The molecule has 0 fully saturated rings. The van der Waals surface area contributed by atoms with Crippen LogP contribution in [0.4, 0.5) is 0 Å². The molecular formula is C10H23NO7P2. The lowest BCUT2D eigenvalue weighted by Crippen LogP contribution is -2.39. The first-order chi connectivity index (χ1) is 9.17. The molecule has 1 unspecified atom stereocenters. The maximum Gasteiger partial charge on any atom is 0.355 e. The molecule has 0 rings (SSSR count). The monoisotopic (exact) mass is 331 g/mol. The number of hydrogen-bond acceptors (Lipinski definition) is 5. The van der Waals surface area contributed by atoms with Gasteiger partial charge in [0.2, 0.25) is 11.3 Å². The lowest BCUT2D eigenvalue weighted by molar-refractivity contribution is -0.129. The van der Waals surface area contributed by atoms with E-state index in [-0.39, 0.29) is 26.3 Å². The summed E-state index contributed by atoms with van der Waals surface area (Å²) in [5, 5.41) is -2.12. The molecule has 0 spiro atoms. The molecule has 2 N–H and O–H groups in total. The highest BCUT2D eigenvalue weighted by molar-refractivity contribution is 7.73. The molecule has 0 bridgehead atoms. The third-order valence-electron chi connectivity index (χ3n) is 2.53. The molecule has 0 aromatic rings. The lowest BCUT2D eigenvalue weighted by atomic mass is 10.5. The Hall–Kier alpha value is -0.230. The molecule has 0 aromatic carbocycles. The first-order valence-corrected chi connectivity index (χ1v) is 9.69. The van der Waals surface area contributed by atoms with E-state index in [4.69, 9.17) is 9.05 Å². The van der Waals surface area contributed by atoms with Crippen LogP contribution in [0.5, 0.6) is 0 Å². The van der Waals surface area contributed by atoms with Gasteiger partial charge in [0.15, 0.2) is 0 Å². The molecule has 10 heteroatoms. The molecule has 0 aliphatic carbocycles. The molecule has 0 saturated carbocycles. The van der Waals surface area contributed by atoms with Crippen LogP contribution in [0.3, 0.4) is 0 Å². The molecule has 1 atom stereocenters. The fourth-order valence-corrected chi connectivity index (χ4v) is 5.54. The highest BCUT2D eigenvalue weighted by atomic mass is 31.2. The average molecular weight is 331 g/mol. The van der Waals surface area contributed by atoms with Gasteiger partial charge in [-0.25, -0.2) is 0 Å². The average Bonchev–Trinajstić information content (AvgIpc) is 2.28. The van der Waals surface area contributed by atoms with E-state index in [2.05, 4.69) is 0 Å². The molecule has 0 aliphatic rings. The van der Waals surface area contributed by atoms with E-state index in [0.717, 1.165) is 0 Å². The predicted octanol–water partition coefficient (Wildman–Crippen LogP) is 1.62. The maximum absolute atomic E-state index is 12.6. The largest absolute Gasteiger partial charge is 0.355 e. The minimum absolute atomic E-state index is 0.0840.